The first-order valence-electron chi connectivity index (χ1n) is 8.45. The molecule has 0 bridgehead atoms. The third-order valence-electron chi connectivity index (χ3n) is 5.35. The van der Waals surface area contributed by atoms with E-state index < -0.39 is 11.4 Å². The molecule has 1 saturated heterocycles. The van der Waals surface area contributed by atoms with Crippen molar-refractivity contribution in [2.24, 2.45) is 11.3 Å². The molecule has 1 aliphatic heterocycles. The summed E-state index contributed by atoms with van der Waals surface area (Å²) >= 11 is 6.33. The molecule has 1 aliphatic carbocycles. The van der Waals surface area contributed by atoms with Gasteiger partial charge in [-0.15, -0.1) is 0 Å². The minimum Gasteiger partial charge on any atom is -0.493 e. The molecule has 24 heavy (non-hydrogen) atoms. The average molecular weight is 354 g/mol. The summed E-state index contributed by atoms with van der Waals surface area (Å²) in [6.45, 7) is 4.54. The molecular weight excluding hydrogens is 330 g/mol. The number of aliphatic carboxylic acids is 1. The van der Waals surface area contributed by atoms with Crippen molar-refractivity contribution in [3.63, 3.8) is 0 Å². The van der Waals surface area contributed by atoms with E-state index in [0.29, 0.717) is 36.2 Å². The van der Waals surface area contributed by atoms with Crippen LogP contribution in [0, 0.1) is 11.3 Å². The van der Waals surface area contributed by atoms with E-state index in [9.17, 15) is 9.90 Å². The summed E-state index contributed by atoms with van der Waals surface area (Å²) in [5.74, 6) is 0.794. The van der Waals surface area contributed by atoms with Crippen LogP contribution in [0.4, 0.5) is 0 Å². The fourth-order valence-corrected chi connectivity index (χ4v) is 4.56. The van der Waals surface area contributed by atoms with E-state index in [1.165, 1.54) is 0 Å². The molecule has 2 fully saturated rings. The zero-order chi connectivity index (χ0) is 17.3. The van der Waals surface area contributed by atoms with Crippen LogP contribution in [-0.2, 0) is 11.3 Å². The first-order valence-corrected chi connectivity index (χ1v) is 8.83. The number of fused-ring (bicyclic) bond motifs is 1. The summed E-state index contributed by atoms with van der Waals surface area (Å²) in [5, 5.41) is 10.2. The molecule has 2 aliphatic rings. The summed E-state index contributed by atoms with van der Waals surface area (Å²) in [6, 6.07) is 3.81. The van der Waals surface area contributed by atoms with E-state index in [-0.39, 0.29) is 5.92 Å². The molecule has 132 valence electrons. The topological polar surface area (TPSA) is 59.0 Å². The zero-order valence-corrected chi connectivity index (χ0v) is 14.9. The van der Waals surface area contributed by atoms with Gasteiger partial charge in [0.1, 0.15) is 0 Å². The number of ether oxygens (including phenoxy) is 2. The number of likely N-dealkylation sites (tertiary alicyclic amines) is 1. The molecule has 2 atom stereocenters. The SMILES string of the molecule is CCOc1c(Cl)cc(CN2C[C@@H]3CCC[C@@]3(C(=O)O)C2)cc1OC. The molecule has 5 nitrogen and oxygen atoms in total. The van der Waals surface area contributed by atoms with E-state index in [1.54, 1.807) is 7.11 Å². The molecule has 0 radical (unpaired) electrons. The van der Waals surface area contributed by atoms with Crippen LogP contribution in [0.3, 0.4) is 0 Å². The molecule has 0 unspecified atom stereocenters. The highest BCUT2D eigenvalue weighted by Gasteiger charge is 2.54. The molecule has 1 heterocycles. The maximum atomic E-state index is 11.8. The van der Waals surface area contributed by atoms with Gasteiger partial charge in [0, 0.05) is 19.6 Å². The van der Waals surface area contributed by atoms with Crippen molar-refractivity contribution in [1.82, 2.24) is 4.90 Å². The van der Waals surface area contributed by atoms with Crippen LogP contribution < -0.4 is 9.47 Å². The van der Waals surface area contributed by atoms with E-state index in [2.05, 4.69) is 4.90 Å². The average Bonchev–Trinajstić information content (AvgIpc) is 3.07. The largest absolute Gasteiger partial charge is 0.493 e. The minimum atomic E-state index is -0.644. The van der Waals surface area contributed by atoms with E-state index in [1.807, 2.05) is 19.1 Å². The number of carboxylic acid groups (broad SMARTS) is 1. The first kappa shape index (κ1) is 17.4. The van der Waals surface area contributed by atoms with Gasteiger partial charge in [-0.05, 0) is 43.4 Å². The Balaban J connectivity index is 1.78. The number of benzene rings is 1. The Morgan fingerprint density at radius 1 is 1.50 bits per heavy atom. The maximum absolute atomic E-state index is 11.8. The van der Waals surface area contributed by atoms with Crippen LogP contribution in [0.1, 0.15) is 31.7 Å². The smallest absolute Gasteiger partial charge is 0.311 e. The first-order chi connectivity index (χ1) is 11.5. The number of rotatable bonds is 6. The summed E-state index contributed by atoms with van der Waals surface area (Å²) in [6.07, 6.45) is 2.82. The van der Waals surface area contributed by atoms with E-state index >= 15 is 0 Å². The Kier molecular flexibility index (Phi) is 4.92. The number of hydrogen-bond acceptors (Lipinski definition) is 4. The van der Waals surface area contributed by atoms with Crippen LogP contribution in [0.25, 0.3) is 0 Å². The second-order valence-corrected chi connectivity index (χ2v) is 7.17. The monoisotopic (exact) mass is 353 g/mol. The molecule has 1 saturated carbocycles. The van der Waals surface area contributed by atoms with E-state index in [0.717, 1.165) is 31.4 Å². The predicted molar refractivity (Wildman–Crippen MR) is 91.9 cm³/mol. The van der Waals surface area contributed by atoms with E-state index in [4.69, 9.17) is 21.1 Å². The maximum Gasteiger partial charge on any atom is 0.311 e. The summed E-state index contributed by atoms with van der Waals surface area (Å²) < 4.78 is 10.9. The van der Waals surface area contributed by atoms with Crippen LogP contribution in [0.2, 0.25) is 5.02 Å². The van der Waals surface area contributed by atoms with Crippen molar-refractivity contribution >= 4 is 17.6 Å². The molecule has 1 aromatic carbocycles. The Hall–Kier alpha value is -1.46. The molecule has 6 heteroatoms. The van der Waals surface area contributed by atoms with Crippen LogP contribution in [-0.4, -0.2) is 42.8 Å². The van der Waals surface area contributed by atoms with Crippen molar-refractivity contribution in [2.75, 3.05) is 26.8 Å². The van der Waals surface area contributed by atoms with Gasteiger partial charge in [-0.2, -0.15) is 0 Å². The third kappa shape index (κ3) is 2.95. The van der Waals surface area contributed by atoms with Gasteiger partial charge in [-0.25, -0.2) is 0 Å². The van der Waals surface area contributed by atoms with Crippen molar-refractivity contribution < 1.29 is 19.4 Å². The van der Waals surface area contributed by atoms with Crippen molar-refractivity contribution in [3.8, 4) is 11.5 Å². The number of hydrogen-bond donors (Lipinski definition) is 1. The number of halogens is 1. The molecule has 0 amide bonds. The fraction of sp³-hybridized carbons (Fsp3) is 0.611. The lowest BCUT2D eigenvalue weighted by atomic mass is 9.81. The van der Waals surface area contributed by atoms with Crippen molar-refractivity contribution in [2.45, 2.75) is 32.7 Å². The van der Waals surface area contributed by atoms with Gasteiger partial charge in [0.25, 0.3) is 0 Å². The molecule has 1 N–H and O–H groups in total. The second kappa shape index (κ2) is 6.81. The van der Waals surface area contributed by atoms with Gasteiger partial charge < -0.3 is 14.6 Å². The van der Waals surface area contributed by atoms with Gasteiger partial charge in [0.2, 0.25) is 0 Å². The summed E-state index contributed by atoms with van der Waals surface area (Å²) in [4.78, 5) is 14.0. The minimum absolute atomic E-state index is 0.259. The molecule has 3 rings (SSSR count). The predicted octanol–water partition coefficient (Wildman–Crippen LogP) is 3.43. The highest BCUT2D eigenvalue weighted by molar-refractivity contribution is 6.32. The van der Waals surface area contributed by atoms with Crippen molar-refractivity contribution in [1.29, 1.82) is 0 Å². The fourth-order valence-electron chi connectivity index (χ4n) is 4.27. The Morgan fingerprint density at radius 3 is 2.92 bits per heavy atom. The highest BCUT2D eigenvalue weighted by Crippen LogP contribution is 2.49. The van der Waals surface area contributed by atoms with Crippen LogP contribution in [0.5, 0.6) is 11.5 Å². The summed E-state index contributed by atoms with van der Waals surface area (Å²) in [5.41, 5.74) is 0.458. The molecular formula is C18H24ClNO4. The molecule has 0 spiro atoms. The summed E-state index contributed by atoms with van der Waals surface area (Å²) in [7, 11) is 1.59. The van der Waals surface area contributed by atoms with Gasteiger partial charge in [-0.3, -0.25) is 9.69 Å². The van der Waals surface area contributed by atoms with Crippen LogP contribution >= 0.6 is 11.6 Å². The van der Waals surface area contributed by atoms with Gasteiger partial charge in [-0.1, -0.05) is 18.0 Å². The quantitative estimate of drug-likeness (QED) is 0.849. The Bertz CT molecular complexity index is 636. The lowest BCUT2D eigenvalue weighted by Crippen LogP contribution is -2.35. The van der Waals surface area contributed by atoms with Crippen molar-refractivity contribution in [3.05, 3.63) is 22.7 Å². The lowest BCUT2D eigenvalue weighted by Gasteiger charge is -2.23. The standard InChI is InChI=1S/C18H24ClNO4/c1-3-24-16-14(19)7-12(8-15(16)23-2)9-20-10-13-5-4-6-18(13,11-20)17(21)22/h7-8,13H,3-6,9-11H2,1-2H3,(H,21,22)/t13-,18+/m0/s1. The lowest BCUT2D eigenvalue weighted by molar-refractivity contribution is -0.149. The van der Waals surface area contributed by atoms with Gasteiger partial charge in [0.15, 0.2) is 11.5 Å². The zero-order valence-electron chi connectivity index (χ0n) is 14.2. The van der Waals surface area contributed by atoms with Gasteiger partial charge >= 0.3 is 5.97 Å². The molecule has 0 aromatic heterocycles. The second-order valence-electron chi connectivity index (χ2n) is 6.76. The Morgan fingerprint density at radius 2 is 2.29 bits per heavy atom. The number of methoxy groups -OCH3 is 1. The highest BCUT2D eigenvalue weighted by atomic mass is 35.5. The third-order valence-corrected chi connectivity index (χ3v) is 5.63. The Labute approximate surface area is 147 Å². The molecule has 1 aromatic rings. The number of carboxylic acids is 1. The van der Waals surface area contributed by atoms with Gasteiger partial charge in [0.05, 0.1) is 24.2 Å². The van der Waals surface area contributed by atoms with Crippen LogP contribution in [0.15, 0.2) is 12.1 Å². The number of carbonyl (C=O) groups is 1. The normalized spacial score (nSPS) is 26.4. The number of nitrogens with zero attached hydrogens (tertiary/aromatic N) is 1.